The Bertz CT molecular complexity index is 1190. The SMILES string of the molecule is Cc1cc(NC(=O)c2ccc([N+](=O)[O-])cc2N2CCC3(CO)CC2C3)nc(N2CCC(F)(F)CC2)n1. The minimum atomic E-state index is -2.70. The van der Waals surface area contributed by atoms with E-state index in [1.807, 2.05) is 4.90 Å². The molecule has 6 rings (SSSR count). The summed E-state index contributed by atoms with van der Waals surface area (Å²) in [5, 5.41) is 23.9. The topological polar surface area (TPSA) is 125 Å². The minimum absolute atomic E-state index is 0.0857. The lowest BCUT2D eigenvalue weighted by Crippen LogP contribution is -2.59. The summed E-state index contributed by atoms with van der Waals surface area (Å²) in [5.74, 6) is -2.68. The maximum Gasteiger partial charge on any atom is 0.271 e. The number of nitrogens with zero attached hydrogens (tertiary/aromatic N) is 5. The molecule has 10 nitrogen and oxygen atoms in total. The number of anilines is 3. The highest BCUT2D eigenvalue weighted by Gasteiger charge is 2.50. The first-order chi connectivity index (χ1) is 17.1. The average molecular weight is 503 g/mol. The zero-order valence-corrected chi connectivity index (χ0v) is 19.9. The Balaban J connectivity index is 1.39. The molecule has 1 aromatic carbocycles. The molecule has 4 fully saturated rings. The van der Waals surface area contributed by atoms with E-state index < -0.39 is 16.8 Å². The summed E-state index contributed by atoms with van der Waals surface area (Å²) in [5.41, 5.74) is 1.13. The van der Waals surface area contributed by atoms with Gasteiger partial charge >= 0.3 is 0 Å². The first kappa shape index (κ1) is 24.3. The van der Waals surface area contributed by atoms with Crippen LogP contribution in [0, 0.1) is 22.5 Å². The molecule has 1 aliphatic carbocycles. The van der Waals surface area contributed by atoms with Crippen molar-refractivity contribution in [1.82, 2.24) is 9.97 Å². The highest BCUT2D eigenvalue weighted by Crippen LogP contribution is 2.52. The summed E-state index contributed by atoms with van der Waals surface area (Å²) in [6.45, 7) is 2.66. The summed E-state index contributed by atoms with van der Waals surface area (Å²) in [6, 6.07) is 5.85. The number of alkyl halides is 2. The number of carbonyl (C=O) groups is 1. The molecule has 36 heavy (non-hydrogen) atoms. The molecular formula is C24H28F2N6O4. The Morgan fingerprint density at radius 1 is 1.19 bits per heavy atom. The number of aliphatic hydroxyl groups is 1. The molecule has 3 aliphatic heterocycles. The molecule has 2 N–H and O–H groups in total. The summed E-state index contributed by atoms with van der Waals surface area (Å²) < 4.78 is 27.1. The van der Waals surface area contributed by atoms with E-state index in [0.717, 1.165) is 19.3 Å². The Morgan fingerprint density at radius 3 is 2.53 bits per heavy atom. The van der Waals surface area contributed by atoms with E-state index in [4.69, 9.17) is 0 Å². The third kappa shape index (κ3) is 4.57. The fourth-order valence-corrected chi connectivity index (χ4v) is 5.47. The number of fused-ring (bicyclic) bond motifs is 2. The van der Waals surface area contributed by atoms with Gasteiger partial charge in [0.05, 0.1) is 16.2 Å². The average Bonchev–Trinajstić information content (AvgIpc) is 2.82. The van der Waals surface area contributed by atoms with Crippen LogP contribution < -0.4 is 15.1 Å². The molecular weight excluding hydrogens is 474 g/mol. The zero-order chi connectivity index (χ0) is 25.7. The van der Waals surface area contributed by atoms with Crippen LogP contribution in [0.4, 0.5) is 31.9 Å². The molecule has 4 heterocycles. The maximum absolute atomic E-state index is 13.6. The van der Waals surface area contributed by atoms with Crippen molar-refractivity contribution in [3.8, 4) is 0 Å². The molecule has 1 saturated carbocycles. The molecule has 0 atom stereocenters. The van der Waals surface area contributed by atoms with Gasteiger partial charge in [-0.15, -0.1) is 0 Å². The van der Waals surface area contributed by atoms with Gasteiger partial charge < -0.3 is 20.2 Å². The lowest BCUT2D eigenvalue weighted by molar-refractivity contribution is -0.384. The molecule has 192 valence electrons. The molecule has 0 spiro atoms. The molecule has 2 aromatic rings. The van der Waals surface area contributed by atoms with E-state index >= 15 is 0 Å². The number of hydrogen-bond donors (Lipinski definition) is 2. The summed E-state index contributed by atoms with van der Waals surface area (Å²) >= 11 is 0. The van der Waals surface area contributed by atoms with Gasteiger partial charge in [-0.1, -0.05) is 0 Å². The summed E-state index contributed by atoms with van der Waals surface area (Å²) in [4.78, 5) is 36.8. The molecule has 1 aromatic heterocycles. The largest absolute Gasteiger partial charge is 0.396 e. The second kappa shape index (κ2) is 8.91. The van der Waals surface area contributed by atoms with Gasteiger partial charge in [-0.05, 0) is 37.7 Å². The minimum Gasteiger partial charge on any atom is -0.396 e. The third-order valence-electron chi connectivity index (χ3n) is 7.60. The highest BCUT2D eigenvalue weighted by atomic mass is 19.3. The number of amides is 1. The van der Waals surface area contributed by atoms with E-state index in [-0.39, 0.29) is 67.0 Å². The lowest BCUT2D eigenvalue weighted by Gasteiger charge is -2.57. The number of non-ortho nitro benzene ring substituents is 1. The van der Waals surface area contributed by atoms with Gasteiger partial charge in [-0.25, -0.2) is 13.8 Å². The van der Waals surface area contributed by atoms with Gasteiger partial charge in [0.25, 0.3) is 17.5 Å². The van der Waals surface area contributed by atoms with Gasteiger partial charge in [0.1, 0.15) is 5.82 Å². The fraction of sp³-hybridized carbons (Fsp3) is 0.542. The van der Waals surface area contributed by atoms with Crippen molar-refractivity contribution in [3.63, 3.8) is 0 Å². The van der Waals surface area contributed by atoms with Gasteiger partial charge in [-0.3, -0.25) is 14.9 Å². The molecule has 3 saturated heterocycles. The number of aliphatic hydroxyl groups excluding tert-OH is 1. The van der Waals surface area contributed by atoms with Gasteiger partial charge in [-0.2, -0.15) is 4.98 Å². The zero-order valence-electron chi connectivity index (χ0n) is 19.9. The van der Waals surface area contributed by atoms with Crippen LogP contribution in [0.5, 0.6) is 0 Å². The Labute approximate surface area is 206 Å². The van der Waals surface area contributed by atoms with Crippen molar-refractivity contribution >= 4 is 29.0 Å². The van der Waals surface area contributed by atoms with Crippen molar-refractivity contribution < 1.29 is 23.6 Å². The van der Waals surface area contributed by atoms with Crippen molar-refractivity contribution in [1.29, 1.82) is 0 Å². The summed E-state index contributed by atoms with van der Waals surface area (Å²) in [6.07, 6.45) is 1.72. The van der Waals surface area contributed by atoms with Crippen LogP contribution in [-0.2, 0) is 0 Å². The Kier molecular flexibility index (Phi) is 6.01. The van der Waals surface area contributed by atoms with Gasteiger partial charge in [0, 0.05) is 69.0 Å². The Morgan fingerprint density at radius 2 is 1.92 bits per heavy atom. The van der Waals surface area contributed by atoms with Crippen LogP contribution in [0.25, 0.3) is 0 Å². The van der Waals surface area contributed by atoms with Gasteiger partial charge in [0.2, 0.25) is 5.95 Å². The van der Waals surface area contributed by atoms with Crippen LogP contribution in [0.2, 0.25) is 0 Å². The molecule has 12 heteroatoms. The fourth-order valence-electron chi connectivity index (χ4n) is 5.47. The number of nitrogens with one attached hydrogen (secondary N) is 1. The predicted octanol–water partition coefficient (Wildman–Crippen LogP) is 3.53. The van der Waals surface area contributed by atoms with Gasteiger partial charge in [0.15, 0.2) is 0 Å². The standard InChI is InChI=1S/C24H28F2N6O4/c1-15-10-20(29-22(27-15)30-7-5-24(25,26)6-8-30)28-21(34)18-3-2-16(32(35)36)11-19(18)31-9-4-23(14-33)12-17(31)13-23/h2-3,10-11,17,33H,4-9,12-14H2,1H3,(H,27,28,29,34). The van der Waals surface area contributed by atoms with Crippen molar-refractivity contribution in [2.75, 3.05) is 41.4 Å². The number of hydrogen-bond acceptors (Lipinski definition) is 8. The van der Waals surface area contributed by atoms with Crippen LogP contribution in [0.3, 0.4) is 0 Å². The number of nitro benzene ring substituents is 1. The van der Waals surface area contributed by atoms with E-state index in [1.54, 1.807) is 17.9 Å². The maximum atomic E-state index is 13.6. The normalized spacial score (nSPS) is 24.7. The van der Waals surface area contributed by atoms with Crippen molar-refractivity contribution in [3.05, 3.63) is 45.6 Å². The number of carbonyl (C=O) groups excluding carboxylic acids is 1. The van der Waals surface area contributed by atoms with Crippen LogP contribution in [0.1, 0.15) is 48.2 Å². The smallest absolute Gasteiger partial charge is 0.271 e. The van der Waals surface area contributed by atoms with E-state index in [2.05, 4.69) is 15.3 Å². The number of aryl methyl sites for hydroxylation is 1. The van der Waals surface area contributed by atoms with Crippen molar-refractivity contribution in [2.45, 2.75) is 51.0 Å². The molecule has 0 radical (unpaired) electrons. The Hall–Kier alpha value is -3.41. The summed E-state index contributed by atoms with van der Waals surface area (Å²) in [7, 11) is 0. The number of rotatable bonds is 6. The quantitative estimate of drug-likeness (QED) is 0.454. The first-order valence-corrected chi connectivity index (χ1v) is 12.0. The van der Waals surface area contributed by atoms with E-state index in [9.17, 15) is 28.8 Å². The second-order valence-corrected chi connectivity index (χ2v) is 10.1. The second-order valence-electron chi connectivity index (χ2n) is 10.1. The molecule has 4 aliphatic rings. The molecule has 1 amide bonds. The number of piperidine rings is 3. The van der Waals surface area contributed by atoms with E-state index in [1.165, 1.54) is 18.2 Å². The monoisotopic (exact) mass is 502 g/mol. The van der Waals surface area contributed by atoms with Crippen LogP contribution in [-0.4, -0.2) is 64.1 Å². The van der Waals surface area contributed by atoms with E-state index in [0.29, 0.717) is 17.9 Å². The number of aromatic nitrogens is 2. The van der Waals surface area contributed by atoms with Crippen molar-refractivity contribution in [2.24, 2.45) is 5.41 Å². The van der Waals surface area contributed by atoms with Crippen LogP contribution in [0.15, 0.2) is 24.3 Å². The lowest BCUT2D eigenvalue weighted by atomic mass is 9.60. The highest BCUT2D eigenvalue weighted by molar-refractivity contribution is 6.08. The number of nitro groups is 1. The molecule has 0 unspecified atom stereocenters. The third-order valence-corrected chi connectivity index (χ3v) is 7.60. The number of benzene rings is 1. The molecule has 2 bridgehead atoms. The first-order valence-electron chi connectivity index (χ1n) is 12.0. The predicted molar refractivity (Wildman–Crippen MR) is 129 cm³/mol. The number of halogens is 2. The van der Waals surface area contributed by atoms with Crippen LogP contribution >= 0.6 is 0 Å².